The highest BCUT2D eigenvalue weighted by Crippen LogP contribution is 2.18. The van der Waals surface area contributed by atoms with Gasteiger partial charge < -0.3 is 15.8 Å². The van der Waals surface area contributed by atoms with Gasteiger partial charge in [0, 0.05) is 31.0 Å². The van der Waals surface area contributed by atoms with Gasteiger partial charge in [-0.05, 0) is 19.8 Å². The monoisotopic (exact) mass is 241 g/mol. The summed E-state index contributed by atoms with van der Waals surface area (Å²) in [6.07, 6.45) is 3.55. The van der Waals surface area contributed by atoms with Crippen LogP contribution >= 0.6 is 11.3 Å². The van der Waals surface area contributed by atoms with E-state index in [1.54, 1.807) is 11.3 Å². The number of ether oxygens (including phenoxy) is 1. The maximum Gasteiger partial charge on any atom is 0.182 e. The summed E-state index contributed by atoms with van der Waals surface area (Å²) in [6.45, 7) is 3.77. The second-order valence-electron chi connectivity index (χ2n) is 4.34. The van der Waals surface area contributed by atoms with Gasteiger partial charge in [-0.25, -0.2) is 4.98 Å². The molecule has 1 aliphatic rings. The van der Waals surface area contributed by atoms with Gasteiger partial charge in [0.2, 0.25) is 0 Å². The minimum Gasteiger partial charge on any atom is -0.376 e. The molecule has 1 aliphatic heterocycles. The Morgan fingerprint density at radius 3 is 3.31 bits per heavy atom. The molecule has 0 bridgehead atoms. The minimum atomic E-state index is 0.174. The molecule has 0 spiro atoms. The van der Waals surface area contributed by atoms with Crippen LogP contribution in [0.2, 0.25) is 0 Å². The normalized spacial score (nSPS) is 22.2. The summed E-state index contributed by atoms with van der Waals surface area (Å²) in [4.78, 5) is 4.48. The third kappa shape index (κ3) is 3.43. The molecule has 0 aliphatic carbocycles. The molecule has 90 valence electrons. The van der Waals surface area contributed by atoms with E-state index in [0.29, 0.717) is 6.10 Å². The van der Waals surface area contributed by atoms with Crippen molar-refractivity contribution in [3.63, 3.8) is 0 Å². The van der Waals surface area contributed by atoms with E-state index in [1.807, 2.05) is 6.92 Å². The lowest BCUT2D eigenvalue weighted by atomic mass is 10.2. The molecule has 0 saturated carbocycles. The van der Waals surface area contributed by atoms with E-state index >= 15 is 0 Å². The highest BCUT2D eigenvalue weighted by atomic mass is 32.1. The Labute approximate surface area is 100 Å². The molecule has 1 saturated heterocycles. The summed E-state index contributed by atoms with van der Waals surface area (Å²) in [5, 5.41) is 6.37. The maximum absolute atomic E-state index is 5.73. The van der Waals surface area contributed by atoms with Gasteiger partial charge in [-0.3, -0.25) is 0 Å². The topological polar surface area (TPSA) is 60.2 Å². The molecule has 2 atom stereocenters. The van der Waals surface area contributed by atoms with E-state index < -0.39 is 0 Å². The zero-order chi connectivity index (χ0) is 11.4. The number of hydrogen-bond donors (Lipinski definition) is 2. The summed E-state index contributed by atoms with van der Waals surface area (Å²) < 4.78 is 5.54. The number of aromatic nitrogens is 1. The van der Waals surface area contributed by atoms with Crippen molar-refractivity contribution in [2.24, 2.45) is 5.73 Å². The second-order valence-corrected chi connectivity index (χ2v) is 5.20. The van der Waals surface area contributed by atoms with Crippen LogP contribution in [-0.2, 0) is 11.2 Å². The Morgan fingerprint density at radius 2 is 2.62 bits per heavy atom. The first-order valence-corrected chi connectivity index (χ1v) is 6.67. The van der Waals surface area contributed by atoms with Crippen molar-refractivity contribution >= 4 is 16.5 Å². The Balaban J connectivity index is 1.78. The van der Waals surface area contributed by atoms with Crippen LogP contribution in [0.25, 0.3) is 0 Å². The quantitative estimate of drug-likeness (QED) is 0.822. The predicted octanol–water partition coefficient (Wildman–Crippen LogP) is 1.62. The van der Waals surface area contributed by atoms with Crippen LogP contribution in [0, 0.1) is 0 Å². The van der Waals surface area contributed by atoms with E-state index in [9.17, 15) is 0 Å². The molecule has 2 unspecified atom stereocenters. The van der Waals surface area contributed by atoms with Gasteiger partial charge >= 0.3 is 0 Å². The molecule has 2 rings (SSSR count). The van der Waals surface area contributed by atoms with Gasteiger partial charge in [0.05, 0.1) is 11.8 Å². The summed E-state index contributed by atoms with van der Waals surface area (Å²) in [6, 6.07) is 0.174. The van der Waals surface area contributed by atoms with Crippen molar-refractivity contribution in [3.8, 4) is 0 Å². The Bertz CT molecular complexity index is 321. The number of thiazole rings is 1. The van der Waals surface area contributed by atoms with Crippen molar-refractivity contribution in [1.82, 2.24) is 4.98 Å². The Morgan fingerprint density at radius 1 is 1.75 bits per heavy atom. The average Bonchev–Trinajstić information content (AvgIpc) is 2.84. The molecule has 4 nitrogen and oxygen atoms in total. The van der Waals surface area contributed by atoms with Crippen molar-refractivity contribution in [2.45, 2.75) is 38.3 Å². The van der Waals surface area contributed by atoms with Gasteiger partial charge in [-0.15, -0.1) is 11.3 Å². The van der Waals surface area contributed by atoms with Gasteiger partial charge in [0.15, 0.2) is 5.13 Å². The first kappa shape index (κ1) is 11.8. The minimum absolute atomic E-state index is 0.174. The highest BCUT2D eigenvalue weighted by Gasteiger charge is 2.15. The number of nitrogens with one attached hydrogen (secondary N) is 1. The van der Waals surface area contributed by atoms with Crippen LogP contribution in [0.15, 0.2) is 5.38 Å². The number of nitrogens with zero attached hydrogens (tertiary/aromatic N) is 1. The number of anilines is 1. The Kier molecular flexibility index (Phi) is 4.15. The molecule has 1 aromatic rings. The summed E-state index contributed by atoms with van der Waals surface area (Å²) >= 11 is 1.64. The summed E-state index contributed by atoms with van der Waals surface area (Å²) in [7, 11) is 0. The predicted molar refractivity (Wildman–Crippen MR) is 66.9 cm³/mol. The van der Waals surface area contributed by atoms with Crippen LogP contribution in [0.3, 0.4) is 0 Å². The highest BCUT2D eigenvalue weighted by molar-refractivity contribution is 7.13. The molecule has 0 radical (unpaired) electrons. The van der Waals surface area contributed by atoms with Gasteiger partial charge in [-0.1, -0.05) is 0 Å². The number of hydrogen-bond acceptors (Lipinski definition) is 5. The first-order valence-electron chi connectivity index (χ1n) is 5.79. The van der Waals surface area contributed by atoms with Gasteiger partial charge in [0.25, 0.3) is 0 Å². The zero-order valence-electron chi connectivity index (χ0n) is 9.61. The fourth-order valence-electron chi connectivity index (χ4n) is 1.82. The van der Waals surface area contributed by atoms with Crippen molar-refractivity contribution in [2.75, 3.05) is 18.5 Å². The fraction of sp³-hybridized carbons (Fsp3) is 0.727. The molecule has 2 heterocycles. The third-order valence-corrected chi connectivity index (χ3v) is 3.44. The molecule has 16 heavy (non-hydrogen) atoms. The lowest BCUT2D eigenvalue weighted by molar-refractivity contribution is 0.120. The van der Waals surface area contributed by atoms with Crippen LogP contribution < -0.4 is 11.1 Å². The zero-order valence-corrected chi connectivity index (χ0v) is 10.4. The van der Waals surface area contributed by atoms with E-state index in [0.717, 1.165) is 36.8 Å². The molecule has 5 heteroatoms. The Hall–Kier alpha value is -0.650. The molecule has 1 aromatic heterocycles. The van der Waals surface area contributed by atoms with Crippen LogP contribution in [-0.4, -0.2) is 30.3 Å². The first-order chi connectivity index (χ1) is 7.74. The maximum atomic E-state index is 5.73. The average molecular weight is 241 g/mol. The van der Waals surface area contributed by atoms with E-state index in [-0.39, 0.29) is 6.04 Å². The molecular weight excluding hydrogens is 222 g/mol. The van der Waals surface area contributed by atoms with E-state index in [2.05, 4.69) is 15.7 Å². The van der Waals surface area contributed by atoms with E-state index in [4.69, 9.17) is 10.5 Å². The van der Waals surface area contributed by atoms with Crippen molar-refractivity contribution < 1.29 is 4.74 Å². The standard InChI is InChI=1S/C11H19N3OS/c1-8(12)5-9-7-16-11(14-9)13-6-10-3-2-4-15-10/h7-8,10H,2-6,12H2,1H3,(H,13,14). The van der Waals surface area contributed by atoms with Crippen LogP contribution in [0.5, 0.6) is 0 Å². The van der Waals surface area contributed by atoms with Crippen molar-refractivity contribution in [3.05, 3.63) is 11.1 Å². The van der Waals surface area contributed by atoms with Crippen LogP contribution in [0.4, 0.5) is 5.13 Å². The SMILES string of the molecule is CC(N)Cc1csc(NCC2CCCO2)n1. The fourth-order valence-corrected chi connectivity index (χ4v) is 2.55. The summed E-state index contributed by atoms with van der Waals surface area (Å²) in [5.41, 5.74) is 6.81. The van der Waals surface area contributed by atoms with Crippen molar-refractivity contribution in [1.29, 1.82) is 0 Å². The second kappa shape index (κ2) is 5.61. The van der Waals surface area contributed by atoms with Crippen LogP contribution in [0.1, 0.15) is 25.5 Å². The number of nitrogens with two attached hydrogens (primary N) is 1. The molecule has 0 amide bonds. The number of rotatable bonds is 5. The van der Waals surface area contributed by atoms with Gasteiger partial charge in [0.1, 0.15) is 0 Å². The summed E-state index contributed by atoms with van der Waals surface area (Å²) in [5.74, 6) is 0. The lowest BCUT2D eigenvalue weighted by Crippen LogP contribution is -2.19. The van der Waals surface area contributed by atoms with Gasteiger partial charge in [-0.2, -0.15) is 0 Å². The largest absolute Gasteiger partial charge is 0.376 e. The van der Waals surface area contributed by atoms with E-state index in [1.165, 1.54) is 6.42 Å². The smallest absolute Gasteiger partial charge is 0.182 e. The molecular formula is C11H19N3OS. The molecule has 0 aromatic carbocycles. The third-order valence-electron chi connectivity index (χ3n) is 2.59. The lowest BCUT2D eigenvalue weighted by Gasteiger charge is -2.09. The molecule has 1 fully saturated rings. The molecule has 3 N–H and O–H groups in total.